The van der Waals surface area contributed by atoms with Crippen molar-refractivity contribution >= 4 is 21.8 Å². The Morgan fingerprint density at radius 3 is 2.79 bits per heavy atom. The van der Waals surface area contributed by atoms with Crippen molar-refractivity contribution in [2.24, 2.45) is 4.40 Å². The number of carbonyl (C=O) groups excluding carboxylic acids is 1. The third-order valence-electron chi connectivity index (χ3n) is 5.72. The Morgan fingerprint density at radius 1 is 1.10 bits per heavy atom. The molecule has 1 fully saturated rings. The van der Waals surface area contributed by atoms with Crippen LogP contribution in [0.15, 0.2) is 57.8 Å². The first kappa shape index (κ1) is 18.2. The summed E-state index contributed by atoms with van der Waals surface area (Å²) in [6, 6.07) is 14.0. The van der Waals surface area contributed by atoms with Crippen molar-refractivity contribution in [1.29, 1.82) is 0 Å². The van der Waals surface area contributed by atoms with Gasteiger partial charge in [-0.05, 0) is 31.0 Å². The van der Waals surface area contributed by atoms with Gasteiger partial charge in [0.2, 0.25) is 5.91 Å². The molecule has 3 aliphatic heterocycles. The minimum Gasteiger partial charge on any atom is -0.493 e. The maximum atomic E-state index is 13.2. The minimum absolute atomic E-state index is 0.103. The lowest BCUT2D eigenvalue weighted by molar-refractivity contribution is -0.125. The van der Waals surface area contributed by atoms with Crippen LogP contribution in [0.5, 0.6) is 5.75 Å². The smallest absolute Gasteiger partial charge is 0.285 e. The molecule has 2 aromatic carbocycles. The molecular weight excluding hydrogens is 390 g/mol. The van der Waals surface area contributed by atoms with Crippen molar-refractivity contribution < 1.29 is 17.9 Å². The summed E-state index contributed by atoms with van der Waals surface area (Å²) in [6.07, 6.45) is 2.18. The van der Waals surface area contributed by atoms with Crippen molar-refractivity contribution in [3.63, 3.8) is 0 Å². The van der Waals surface area contributed by atoms with Crippen LogP contribution in [-0.4, -0.2) is 44.3 Å². The Bertz CT molecular complexity index is 1110. The number of para-hydroxylation sites is 1. The molecule has 0 aliphatic carbocycles. The highest BCUT2D eigenvalue weighted by molar-refractivity contribution is 7.90. The van der Waals surface area contributed by atoms with Crippen molar-refractivity contribution in [3.8, 4) is 5.75 Å². The molecule has 0 spiro atoms. The van der Waals surface area contributed by atoms with Crippen LogP contribution in [0.4, 0.5) is 0 Å². The van der Waals surface area contributed by atoms with Gasteiger partial charge in [-0.15, -0.1) is 4.40 Å². The van der Waals surface area contributed by atoms with E-state index in [-0.39, 0.29) is 16.8 Å². The average molecular weight is 411 g/mol. The summed E-state index contributed by atoms with van der Waals surface area (Å²) in [5.41, 5.74) is 1.55. The van der Waals surface area contributed by atoms with E-state index in [1.165, 1.54) is 0 Å². The van der Waals surface area contributed by atoms with Crippen LogP contribution in [0.3, 0.4) is 0 Å². The summed E-state index contributed by atoms with van der Waals surface area (Å²) in [6.45, 7) is 1.15. The third-order valence-corrected chi connectivity index (χ3v) is 7.04. The molecule has 0 radical (unpaired) electrons. The van der Waals surface area contributed by atoms with Gasteiger partial charge in [0.1, 0.15) is 16.7 Å². The number of amides is 1. The number of carbonyl (C=O) groups is 1. The predicted molar refractivity (Wildman–Crippen MR) is 107 cm³/mol. The second-order valence-electron chi connectivity index (χ2n) is 7.47. The van der Waals surface area contributed by atoms with Crippen molar-refractivity contribution in [2.75, 3.05) is 13.2 Å². The standard InChI is InChI=1S/C21H21N3O4S/c25-21(22-16-11-13-28-18-9-3-1-6-14(16)18)17-8-5-12-24(17)20-15-7-2-4-10-19(15)29(26,27)23-20/h1-4,6-7,9-10,16-17H,5,8,11-13H2,(H,22,25)/t16-,17+/m1/s1. The van der Waals surface area contributed by atoms with Gasteiger partial charge in [0.15, 0.2) is 5.84 Å². The fraction of sp³-hybridized carbons (Fsp3) is 0.333. The van der Waals surface area contributed by atoms with Crippen molar-refractivity contribution in [1.82, 2.24) is 10.2 Å². The van der Waals surface area contributed by atoms with Crippen LogP contribution in [0.25, 0.3) is 0 Å². The summed E-state index contributed by atoms with van der Waals surface area (Å²) in [7, 11) is -3.71. The number of hydrogen-bond acceptors (Lipinski definition) is 5. The van der Waals surface area contributed by atoms with E-state index in [2.05, 4.69) is 9.71 Å². The van der Waals surface area contributed by atoms with Crippen LogP contribution in [0.2, 0.25) is 0 Å². The molecule has 1 saturated heterocycles. The zero-order chi connectivity index (χ0) is 20.0. The monoisotopic (exact) mass is 411 g/mol. The number of benzene rings is 2. The van der Waals surface area contributed by atoms with Gasteiger partial charge < -0.3 is 15.0 Å². The fourth-order valence-corrected chi connectivity index (χ4v) is 5.57. The molecule has 29 heavy (non-hydrogen) atoms. The predicted octanol–water partition coefficient (Wildman–Crippen LogP) is 2.24. The average Bonchev–Trinajstić information content (AvgIpc) is 3.31. The summed E-state index contributed by atoms with van der Waals surface area (Å²) < 4.78 is 34.5. The van der Waals surface area contributed by atoms with E-state index in [1.54, 1.807) is 24.3 Å². The van der Waals surface area contributed by atoms with Crippen LogP contribution in [0, 0.1) is 0 Å². The normalized spacial score (nSPS) is 24.3. The summed E-state index contributed by atoms with van der Waals surface area (Å²) in [4.78, 5) is 15.2. The highest BCUT2D eigenvalue weighted by Gasteiger charge is 2.40. The Hall–Kier alpha value is -2.87. The molecule has 0 bridgehead atoms. The maximum Gasteiger partial charge on any atom is 0.285 e. The van der Waals surface area contributed by atoms with Crippen LogP contribution < -0.4 is 10.1 Å². The van der Waals surface area contributed by atoms with Gasteiger partial charge in [0.25, 0.3) is 10.0 Å². The molecule has 3 aliphatic rings. The molecule has 1 N–H and O–H groups in total. The number of rotatable bonds is 2. The van der Waals surface area contributed by atoms with Crippen LogP contribution >= 0.6 is 0 Å². The van der Waals surface area contributed by atoms with Crippen molar-refractivity contribution in [3.05, 3.63) is 59.7 Å². The largest absolute Gasteiger partial charge is 0.493 e. The first-order valence-corrected chi connectivity index (χ1v) is 11.2. The van der Waals surface area contributed by atoms with E-state index >= 15 is 0 Å². The lowest BCUT2D eigenvalue weighted by Crippen LogP contribution is -2.47. The van der Waals surface area contributed by atoms with Gasteiger partial charge in [-0.3, -0.25) is 4.79 Å². The molecular formula is C21H21N3O4S. The zero-order valence-electron chi connectivity index (χ0n) is 15.7. The summed E-state index contributed by atoms with van der Waals surface area (Å²) in [5, 5.41) is 3.15. The first-order valence-electron chi connectivity index (χ1n) is 9.78. The van der Waals surface area contributed by atoms with Crippen LogP contribution in [-0.2, 0) is 14.8 Å². The molecule has 2 atom stereocenters. The van der Waals surface area contributed by atoms with Gasteiger partial charge in [-0.2, -0.15) is 8.42 Å². The van der Waals surface area contributed by atoms with E-state index in [1.807, 2.05) is 29.2 Å². The van der Waals surface area contributed by atoms with E-state index in [0.29, 0.717) is 37.4 Å². The molecule has 150 valence electrons. The number of hydrogen-bond donors (Lipinski definition) is 1. The highest BCUT2D eigenvalue weighted by atomic mass is 32.2. The molecule has 2 aromatic rings. The van der Waals surface area contributed by atoms with Crippen LogP contribution in [0.1, 0.15) is 36.4 Å². The first-order chi connectivity index (χ1) is 14.0. The molecule has 8 heteroatoms. The lowest BCUT2D eigenvalue weighted by Gasteiger charge is -2.30. The van der Waals surface area contributed by atoms with Gasteiger partial charge in [0, 0.05) is 24.1 Å². The molecule has 0 unspecified atom stereocenters. The number of nitrogens with zero attached hydrogens (tertiary/aromatic N) is 2. The Balaban J connectivity index is 1.41. The molecule has 5 rings (SSSR count). The Morgan fingerprint density at radius 2 is 1.90 bits per heavy atom. The van der Waals surface area contributed by atoms with Gasteiger partial charge >= 0.3 is 0 Å². The Labute approximate surface area is 169 Å². The Kier molecular flexibility index (Phi) is 4.31. The zero-order valence-corrected chi connectivity index (χ0v) is 16.6. The number of ether oxygens (including phenoxy) is 1. The van der Waals surface area contributed by atoms with E-state index in [9.17, 15) is 13.2 Å². The maximum absolute atomic E-state index is 13.2. The number of nitrogens with one attached hydrogen (secondary N) is 1. The van der Waals surface area contributed by atoms with Gasteiger partial charge in [-0.1, -0.05) is 30.3 Å². The second-order valence-corrected chi connectivity index (χ2v) is 9.05. The molecule has 0 saturated carbocycles. The van der Waals surface area contributed by atoms with E-state index in [0.717, 1.165) is 17.7 Å². The summed E-state index contributed by atoms with van der Waals surface area (Å²) in [5.74, 6) is 1.08. The minimum atomic E-state index is -3.71. The van der Waals surface area contributed by atoms with E-state index < -0.39 is 16.1 Å². The fourth-order valence-electron chi connectivity index (χ4n) is 4.35. The van der Waals surface area contributed by atoms with Gasteiger partial charge in [0.05, 0.1) is 12.6 Å². The lowest BCUT2D eigenvalue weighted by atomic mass is 10.00. The number of amidine groups is 1. The molecule has 0 aromatic heterocycles. The summed E-state index contributed by atoms with van der Waals surface area (Å²) >= 11 is 0. The highest BCUT2D eigenvalue weighted by Crippen LogP contribution is 2.34. The third kappa shape index (κ3) is 3.07. The number of sulfonamides is 1. The van der Waals surface area contributed by atoms with Crippen molar-refractivity contribution in [2.45, 2.75) is 36.2 Å². The molecule has 1 amide bonds. The van der Waals surface area contributed by atoms with Gasteiger partial charge in [-0.25, -0.2) is 0 Å². The quantitative estimate of drug-likeness (QED) is 0.819. The number of fused-ring (bicyclic) bond motifs is 2. The van der Waals surface area contributed by atoms with E-state index in [4.69, 9.17) is 4.74 Å². The molecule has 7 nitrogen and oxygen atoms in total. The molecule has 3 heterocycles. The number of likely N-dealkylation sites (tertiary alicyclic amines) is 1. The topological polar surface area (TPSA) is 88.1 Å². The second kappa shape index (κ2) is 6.88. The SMILES string of the molecule is O=C(N[C@@H]1CCOc2ccccc21)[C@@H]1CCCN1C1=NS(=O)(=O)c2ccccc21.